The average molecular weight is 341 g/mol. The van der Waals surface area contributed by atoms with Crippen LogP contribution in [-0.4, -0.2) is 17.3 Å². The third kappa shape index (κ3) is 3.49. The van der Waals surface area contributed by atoms with E-state index in [1.54, 1.807) is 30.3 Å². The summed E-state index contributed by atoms with van der Waals surface area (Å²) in [6.07, 6.45) is 3.60. The molecule has 0 saturated carbocycles. The second-order valence-corrected chi connectivity index (χ2v) is 5.00. The SMILES string of the molecule is C#C[C@H](O)[C@H](Cc1ccccc1)Nc1c(F)c(F)c(F)c(F)c1F. The van der Waals surface area contributed by atoms with Crippen LogP contribution in [0.3, 0.4) is 0 Å². The van der Waals surface area contributed by atoms with Crippen LogP contribution in [0.4, 0.5) is 27.6 Å². The van der Waals surface area contributed by atoms with E-state index >= 15 is 0 Å². The minimum Gasteiger partial charge on any atom is -0.378 e. The van der Waals surface area contributed by atoms with Crippen molar-refractivity contribution < 1.29 is 27.1 Å². The summed E-state index contributed by atoms with van der Waals surface area (Å²) in [7, 11) is 0. The smallest absolute Gasteiger partial charge is 0.200 e. The lowest BCUT2D eigenvalue weighted by molar-refractivity contribution is 0.207. The zero-order valence-corrected chi connectivity index (χ0v) is 12.2. The fraction of sp³-hybridized carbons (Fsp3) is 0.176. The lowest BCUT2D eigenvalue weighted by Crippen LogP contribution is -2.35. The van der Waals surface area contributed by atoms with E-state index in [4.69, 9.17) is 6.42 Å². The first-order valence-corrected chi connectivity index (χ1v) is 6.82. The molecule has 2 atom stereocenters. The van der Waals surface area contributed by atoms with E-state index < -0.39 is 46.9 Å². The molecular weight excluding hydrogens is 329 g/mol. The quantitative estimate of drug-likeness (QED) is 0.378. The summed E-state index contributed by atoms with van der Waals surface area (Å²) >= 11 is 0. The molecule has 0 heterocycles. The number of halogens is 5. The summed E-state index contributed by atoms with van der Waals surface area (Å²) in [5.74, 6) is -8.48. The van der Waals surface area contributed by atoms with Gasteiger partial charge < -0.3 is 10.4 Å². The number of aliphatic hydroxyl groups is 1. The Balaban J connectivity index is 2.39. The van der Waals surface area contributed by atoms with Crippen molar-refractivity contribution in [1.29, 1.82) is 0 Å². The minimum absolute atomic E-state index is 0.00566. The Hall–Kier alpha value is -2.59. The minimum atomic E-state index is -2.26. The number of benzene rings is 2. The van der Waals surface area contributed by atoms with Gasteiger partial charge in [-0.3, -0.25) is 0 Å². The van der Waals surface area contributed by atoms with Gasteiger partial charge in [-0.1, -0.05) is 36.3 Å². The molecule has 0 bridgehead atoms. The summed E-state index contributed by atoms with van der Waals surface area (Å²) in [5.41, 5.74) is -0.588. The number of aliphatic hydroxyl groups excluding tert-OH is 1. The van der Waals surface area contributed by atoms with Gasteiger partial charge in [0.1, 0.15) is 11.8 Å². The Bertz CT molecular complexity index is 744. The van der Waals surface area contributed by atoms with Crippen LogP contribution in [0.5, 0.6) is 0 Å². The van der Waals surface area contributed by atoms with E-state index in [1.165, 1.54) is 0 Å². The van der Waals surface area contributed by atoms with Crippen molar-refractivity contribution in [2.75, 3.05) is 5.32 Å². The van der Waals surface area contributed by atoms with E-state index in [0.29, 0.717) is 5.56 Å². The van der Waals surface area contributed by atoms with Gasteiger partial charge in [0.15, 0.2) is 23.3 Å². The largest absolute Gasteiger partial charge is 0.378 e. The zero-order valence-electron chi connectivity index (χ0n) is 12.2. The van der Waals surface area contributed by atoms with Crippen LogP contribution >= 0.6 is 0 Å². The van der Waals surface area contributed by atoms with Gasteiger partial charge in [0.2, 0.25) is 5.82 Å². The number of rotatable bonds is 5. The third-order valence-corrected chi connectivity index (χ3v) is 3.39. The Morgan fingerprint density at radius 1 is 0.917 bits per heavy atom. The maximum Gasteiger partial charge on any atom is 0.200 e. The molecule has 0 saturated heterocycles. The topological polar surface area (TPSA) is 32.3 Å². The van der Waals surface area contributed by atoms with Crippen molar-refractivity contribution in [2.24, 2.45) is 0 Å². The predicted molar refractivity (Wildman–Crippen MR) is 78.6 cm³/mol. The molecular formula is C17H12F5NO. The monoisotopic (exact) mass is 341 g/mol. The first kappa shape index (κ1) is 17.8. The molecule has 2 rings (SSSR count). The molecule has 0 aliphatic heterocycles. The molecule has 2 aromatic rings. The maximum absolute atomic E-state index is 13.8. The zero-order chi connectivity index (χ0) is 17.9. The van der Waals surface area contributed by atoms with Gasteiger partial charge in [-0.05, 0) is 12.0 Å². The first-order valence-electron chi connectivity index (χ1n) is 6.82. The van der Waals surface area contributed by atoms with Crippen molar-refractivity contribution >= 4 is 5.69 Å². The molecule has 0 radical (unpaired) electrons. The molecule has 0 aliphatic carbocycles. The summed E-state index contributed by atoms with van der Waals surface area (Å²) in [4.78, 5) is 0. The molecule has 2 aromatic carbocycles. The standard InChI is InChI=1S/C17H12F5NO/c1-2-11(24)10(8-9-6-4-3-5-7-9)23-17-15(21)13(19)12(18)14(20)16(17)22/h1,3-7,10-11,23-24H,8H2/t10-,11-/m0/s1. The Kier molecular flexibility index (Phi) is 5.42. The van der Waals surface area contributed by atoms with Gasteiger partial charge in [0, 0.05) is 0 Å². The van der Waals surface area contributed by atoms with Gasteiger partial charge in [-0.2, -0.15) is 0 Å². The highest BCUT2D eigenvalue weighted by Gasteiger charge is 2.28. The van der Waals surface area contributed by atoms with Crippen LogP contribution in [0.1, 0.15) is 5.56 Å². The molecule has 0 spiro atoms. The lowest BCUT2D eigenvalue weighted by atomic mass is 10.0. The van der Waals surface area contributed by atoms with Crippen molar-refractivity contribution in [3.05, 3.63) is 65.0 Å². The molecule has 2 nitrogen and oxygen atoms in total. The molecule has 24 heavy (non-hydrogen) atoms. The third-order valence-electron chi connectivity index (χ3n) is 3.39. The first-order chi connectivity index (χ1) is 11.4. The van der Waals surface area contributed by atoms with E-state index in [1.807, 2.05) is 5.92 Å². The lowest BCUT2D eigenvalue weighted by Gasteiger charge is -2.23. The van der Waals surface area contributed by atoms with Gasteiger partial charge in [-0.15, -0.1) is 6.42 Å². The van der Waals surface area contributed by atoms with E-state index in [-0.39, 0.29) is 6.42 Å². The number of anilines is 1. The Labute approximate surface area is 134 Å². The van der Waals surface area contributed by atoms with Crippen molar-refractivity contribution in [3.63, 3.8) is 0 Å². The molecule has 7 heteroatoms. The summed E-state index contributed by atoms with van der Waals surface area (Å²) in [6.45, 7) is 0. The van der Waals surface area contributed by atoms with Crippen LogP contribution in [0, 0.1) is 41.4 Å². The van der Waals surface area contributed by atoms with Gasteiger partial charge >= 0.3 is 0 Å². The normalized spacial score (nSPS) is 13.2. The number of terminal acetylenes is 1. The maximum atomic E-state index is 13.8. The molecule has 0 aliphatic rings. The second-order valence-electron chi connectivity index (χ2n) is 5.00. The predicted octanol–water partition coefficient (Wildman–Crippen LogP) is 3.40. The fourth-order valence-electron chi connectivity index (χ4n) is 2.14. The van der Waals surface area contributed by atoms with Crippen LogP contribution in [0.25, 0.3) is 0 Å². The van der Waals surface area contributed by atoms with Gasteiger partial charge in [-0.25, -0.2) is 22.0 Å². The Morgan fingerprint density at radius 3 is 1.92 bits per heavy atom. The number of hydrogen-bond acceptors (Lipinski definition) is 2. The summed E-state index contributed by atoms with van der Waals surface area (Å²) in [6, 6.07) is 7.27. The number of nitrogens with one attached hydrogen (secondary N) is 1. The van der Waals surface area contributed by atoms with Gasteiger partial charge in [0.05, 0.1) is 6.04 Å². The molecule has 2 N–H and O–H groups in total. The van der Waals surface area contributed by atoms with Crippen LogP contribution in [0.15, 0.2) is 30.3 Å². The fourth-order valence-corrected chi connectivity index (χ4v) is 2.14. The average Bonchev–Trinajstić information content (AvgIpc) is 2.61. The number of hydrogen-bond donors (Lipinski definition) is 2. The van der Waals surface area contributed by atoms with Crippen LogP contribution < -0.4 is 5.32 Å². The summed E-state index contributed by atoms with van der Waals surface area (Å²) in [5, 5.41) is 11.9. The van der Waals surface area contributed by atoms with E-state index in [9.17, 15) is 27.1 Å². The second kappa shape index (κ2) is 7.32. The van der Waals surface area contributed by atoms with Crippen LogP contribution in [-0.2, 0) is 6.42 Å². The molecule has 0 unspecified atom stereocenters. The molecule has 0 fully saturated rings. The van der Waals surface area contributed by atoms with E-state index in [0.717, 1.165) is 0 Å². The molecule has 0 amide bonds. The van der Waals surface area contributed by atoms with Crippen LogP contribution in [0.2, 0.25) is 0 Å². The van der Waals surface area contributed by atoms with E-state index in [2.05, 4.69) is 5.32 Å². The van der Waals surface area contributed by atoms with Crippen molar-refractivity contribution in [2.45, 2.75) is 18.6 Å². The van der Waals surface area contributed by atoms with Crippen molar-refractivity contribution in [1.82, 2.24) is 0 Å². The summed E-state index contributed by atoms with van der Waals surface area (Å²) < 4.78 is 67.1. The van der Waals surface area contributed by atoms with Gasteiger partial charge in [0.25, 0.3) is 0 Å². The highest BCUT2D eigenvalue weighted by molar-refractivity contribution is 5.49. The molecule has 126 valence electrons. The Morgan fingerprint density at radius 2 is 1.42 bits per heavy atom. The highest BCUT2D eigenvalue weighted by atomic mass is 19.2. The highest BCUT2D eigenvalue weighted by Crippen LogP contribution is 2.28. The van der Waals surface area contributed by atoms with Crippen molar-refractivity contribution in [3.8, 4) is 12.3 Å². The molecule has 0 aromatic heterocycles.